The van der Waals surface area contributed by atoms with Gasteiger partial charge < -0.3 is 15.1 Å². The van der Waals surface area contributed by atoms with Crippen molar-refractivity contribution in [1.29, 1.82) is 5.26 Å². The molecule has 1 N–H and O–H groups in total. The lowest BCUT2D eigenvalue weighted by molar-refractivity contribution is 0.0741. The van der Waals surface area contributed by atoms with Crippen LogP contribution in [0.25, 0.3) is 0 Å². The molecule has 2 fully saturated rings. The minimum Gasteiger partial charge on any atom is -0.325 e. The van der Waals surface area contributed by atoms with Gasteiger partial charge in [-0.15, -0.1) is 0 Å². The molecule has 1 aromatic carbocycles. The number of nitriles is 1. The van der Waals surface area contributed by atoms with E-state index in [0.29, 0.717) is 29.4 Å². The van der Waals surface area contributed by atoms with Gasteiger partial charge in [0, 0.05) is 67.8 Å². The number of benzene rings is 1. The van der Waals surface area contributed by atoms with Gasteiger partial charge in [-0.3, -0.25) is 9.69 Å². The average Bonchev–Trinajstić information content (AvgIpc) is 2.87. The lowest BCUT2D eigenvalue weighted by Crippen LogP contribution is -2.57. The lowest BCUT2D eigenvalue weighted by atomic mass is 10.0. The first-order valence-corrected chi connectivity index (χ1v) is 12.5. The molecule has 1 aromatic heterocycles. The van der Waals surface area contributed by atoms with Crippen molar-refractivity contribution >= 4 is 29.2 Å². The van der Waals surface area contributed by atoms with Gasteiger partial charge in [0.15, 0.2) is 0 Å². The Hall–Kier alpha value is -3.15. The van der Waals surface area contributed by atoms with Gasteiger partial charge >= 0.3 is 6.03 Å². The van der Waals surface area contributed by atoms with E-state index in [4.69, 9.17) is 16.9 Å². The number of carbonyl (C=O) groups is 2. The van der Waals surface area contributed by atoms with Gasteiger partial charge in [-0.2, -0.15) is 5.26 Å². The fraction of sp³-hybridized carbons (Fsp3) is 0.462. The summed E-state index contributed by atoms with van der Waals surface area (Å²) in [6.07, 6.45) is 4.83. The number of hydrogen-bond donors (Lipinski definition) is 1. The molecule has 0 bridgehead atoms. The molecular weight excluding hydrogens is 464 g/mol. The molecular formula is C26H31ClN6O2. The molecule has 9 heteroatoms. The Morgan fingerprint density at radius 3 is 2.66 bits per heavy atom. The third-order valence-corrected chi connectivity index (χ3v) is 7.06. The van der Waals surface area contributed by atoms with Crippen molar-refractivity contribution in [2.45, 2.75) is 45.7 Å². The maximum absolute atomic E-state index is 13.0. The summed E-state index contributed by atoms with van der Waals surface area (Å²) in [7, 11) is 0. The zero-order valence-electron chi connectivity index (χ0n) is 20.3. The Morgan fingerprint density at radius 1 is 1.17 bits per heavy atom. The zero-order valence-corrected chi connectivity index (χ0v) is 21.0. The largest absolute Gasteiger partial charge is 0.325 e. The molecule has 184 valence electrons. The molecule has 0 radical (unpaired) electrons. The van der Waals surface area contributed by atoms with Crippen molar-refractivity contribution in [2.24, 2.45) is 0 Å². The predicted octanol–water partition coefficient (Wildman–Crippen LogP) is 4.28. The third kappa shape index (κ3) is 5.92. The van der Waals surface area contributed by atoms with Crippen LogP contribution in [-0.2, 0) is 6.54 Å². The number of amides is 3. The Balaban J connectivity index is 1.42. The minimum atomic E-state index is -0.321. The molecule has 8 nitrogen and oxygen atoms in total. The standard InChI is InChI=1S/C26H31ClN6O2/c1-18-16-31(10-11-33(18)26(35)32-8-4-3-5-9-32)17-21-12-22(27)14-24(19(21)2)30-25(34)20-6-7-29-23(13-20)15-28/h6-7,12-14,18H,3-5,8-11,16-17H2,1-2H3,(H,30,34)/t18-/m0/s1. The van der Waals surface area contributed by atoms with Crippen LogP contribution in [0.2, 0.25) is 5.02 Å². The van der Waals surface area contributed by atoms with Crippen LogP contribution < -0.4 is 5.32 Å². The van der Waals surface area contributed by atoms with Crippen LogP contribution in [-0.4, -0.2) is 70.4 Å². The maximum Gasteiger partial charge on any atom is 0.320 e. The third-order valence-electron chi connectivity index (χ3n) is 6.84. The second-order valence-corrected chi connectivity index (χ2v) is 9.78. The van der Waals surface area contributed by atoms with Crippen molar-refractivity contribution in [3.8, 4) is 6.07 Å². The van der Waals surface area contributed by atoms with Crippen LogP contribution >= 0.6 is 11.6 Å². The molecule has 2 aliphatic heterocycles. The van der Waals surface area contributed by atoms with E-state index in [-0.39, 0.29) is 23.7 Å². The fourth-order valence-electron chi connectivity index (χ4n) is 4.83. The number of aromatic nitrogens is 1. The first-order chi connectivity index (χ1) is 16.9. The van der Waals surface area contributed by atoms with Gasteiger partial charge in [0.05, 0.1) is 0 Å². The summed E-state index contributed by atoms with van der Waals surface area (Å²) in [4.78, 5) is 36.0. The first-order valence-electron chi connectivity index (χ1n) is 12.1. The van der Waals surface area contributed by atoms with E-state index in [1.54, 1.807) is 12.1 Å². The fourth-order valence-corrected chi connectivity index (χ4v) is 5.07. The molecule has 4 rings (SSSR count). The van der Waals surface area contributed by atoms with Gasteiger partial charge in [-0.05, 0) is 68.5 Å². The highest BCUT2D eigenvalue weighted by molar-refractivity contribution is 6.31. The number of piperazine rings is 1. The molecule has 3 amide bonds. The van der Waals surface area contributed by atoms with E-state index in [1.165, 1.54) is 18.7 Å². The number of anilines is 1. The van der Waals surface area contributed by atoms with Crippen molar-refractivity contribution in [1.82, 2.24) is 19.7 Å². The number of carbonyl (C=O) groups excluding carboxylic acids is 2. The number of likely N-dealkylation sites (tertiary alicyclic amines) is 1. The average molecular weight is 495 g/mol. The first kappa shape index (κ1) is 25.0. The summed E-state index contributed by atoms with van der Waals surface area (Å²) >= 11 is 6.41. The Labute approximate surface area is 211 Å². The van der Waals surface area contributed by atoms with Gasteiger partial charge in [0.1, 0.15) is 11.8 Å². The van der Waals surface area contributed by atoms with E-state index in [0.717, 1.165) is 50.1 Å². The smallest absolute Gasteiger partial charge is 0.320 e. The lowest BCUT2D eigenvalue weighted by Gasteiger charge is -2.42. The second-order valence-electron chi connectivity index (χ2n) is 9.34. The number of piperidine rings is 1. The van der Waals surface area contributed by atoms with E-state index < -0.39 is 0 Å². The maximum atomic E-state index is 13.0. The molecule has 35 heavy (non-hydrogen) atoms. The Kier molecular flexibility index (Phi) is 7.89. The zero-order chi connectivity index (χ0) is 24.9. The van der Waals surface area contributed by atoms with Crippen molar-refractivity contribution < 1.29 is 9.59 Å². The Bertz CT molecular complexity index is 1140. The minimum absolute atomic E-state index is 0.123. The van der Waals surface area contributed by atoms with Crippen molar-refractivity contribution in [3.63, 3.8) is 0 Å². The SMILES string of the molecule is Cc1c(CN2CCN(C(=O)N3CCCCC3)[C@@H](C)C2)cc(Cl)cc1NC(=O)c1ccnc(C#N)c1. The molecule has 2 aliphatic rings. The number of nitrogens with one attached hydrogen (secondary N) is 1. The molecule has 0 unspecified atom stereocenters. The molecule has 0 aliphatic carbocycles. The van der Waals surface area contributed by atoms with E-state index in [1.807, 2.05) is 28.9 Å². The van der Waals surface area contributed by atoms with E-state index in [9.17, 15) is 9.59 Å². The molecule has 2 aromatic rings. The normalized spacial score (nSPS) is 18.7. The summed E-state index contributed by atoms with van der Waals surface area (Å²) in [5, 5.41) is 12.5. The van der Waals surface area contributed by atoms with Crippen LogP contribution in [0.3, 0.4) is 0 Å². The quantitative estimate of drug-likeness (QED) is 0.684. The highest BCUT2D eigenvalue weighted by Gasteiger charge is 2.31. The van der Waals surface area contributed by atoms with Crippen molar-refractivity contribution in [2.75, 3.05) is 38.0 Å². The summed E-state index contributed by atoms with van der Waals surface area (Å²) in [5.41, 5.74) is 3.16. The second kappa shape index (κ2) is 11.1. The number of pyridine rings is 1. The van der Waals surface area contributed by atoms with Crippen LogP contribution in [0.5, 0.6) is 0 Å². The van der Waals surface area contributed by atoms with Crippen molar-refractivity contribution in [3.05, 3.63) is 57.9 Å². The summed E-state index contributed by atoms with van der Waals surface area (Å²) in [6, 6.07) is 8.94. The number of urea groups is 1. The summed E-state index contributed by atoms with van der Waals surface area (Å²) < 4.78 is 0. The van der Waals surface area contributed by atoms with Gasteiger partial charge in [0.2, 0.25) is 0 Å². The topological polar surface area (TPSA) is 92.6 Å². The van der Waals surface area contributed by atoms with Crippen LogP contribution in [0.4, 0.5) is 10.5 Å². The molecule has 2 saturated heterocycles. The van der Waals surface area contributed by atoms with Gasteiger partial charge in [-0.1, -0.05) is 11.6 Å². The Morgan fingerprint density at radius 2 is 1.94 bits per heavy atom. The number of halogens is 1. The highest BCUT2D eigenvalue weighted by Crippen LogP contribution is 2.27. The van der Waals surface area contributed by atoms with Gasteiger partial charge in [-0.25, -0.2) is 9.78 Å². The molecule has 1 atom stereocenters. The monoisotopic (exact) mass is 494 g/mol. The van der Waals surface area contributed by atoms with Crippen LogP contribution in [0.1, 0.15) is 53.4 Å². The molecule has 3 heterocycles. The van der Waals surface area contributed by atoms with E-state index in [2.05, 4.69) is 22.1 Å². The highest BCUT2D eigenvalue weighted by atomic mass is 35.5. The number of hydrogen-bond acceptors (Lipinski definition) is 5. The molecule has 0 saturated carbocycles. The number of rotatable bonds is 4. The van der Waals surface area contributed by atoms with Gasteiger partial charge in [0.25, 0.3) is 5.91 Å². The summed E-state index contributed by atoms with van der Waals surface area (Å²) in [6.45, 7) is 8.73. The molecule has 0 spiro atoms. The van der Waals surface area contributed by atoms with E-state index >= 15 is 0 Å². The van der Waals surface area contributed by atoms with Crippen LogP contribution in [0, 0.1) is 18.3 Å². The number of nitrogens with zero attached hydrogens (tertiary/aromatic N) is 5. The predicted molar refractivity (Wildman–Crippen MR) is 135 cm³/mol. The summed E-state index contributed by atoms with van der Waals surface area (Å²) in [5.74, 6) is -0.321. The van der Waals surface area contributed by atoms with Crippen LogP contribution in [0.15, 0.2) is 30.5 Å².